The molecule has 5 rings (SSSR count). The summed E-state index contributed by atoms with van der Waals surface area (Å²) in [5, 5.41) is 4.73. The highest BCUT2D eigenvalue weighted by molar-refractivity contribution is 5.74. The SMILES string of the molecule is CC(=O)N1C[C@H]2CN(Cc3cn(-c4ccccc4)nc3C)C[C@H]2[C@H]1c1ccccc1. The molecule has 2 aliphatic heterocycles. The van der Waals surface area contributed by atoms with Gasteiger partial charge in [-0.15, -0.1) is 0 Å². The number of benzene rings is 2. The van der Waals surface area contributed by atoms with Gasteiger partial charge in [0.05, 0.1) is 17.4 Å². The molecule has 154 valence electrons. The maximum atomic E-state index is 12.3. The average molecular weight is 401 g/mol. The van der Waals surface area contributed by atoms with Crippen molar-refractivity contribution in [3.63, 3.8) is 0 Å². The quantitative estimate of drug-likeness (QED) is 0.668. The number of carbonyl (C=O) groups excluding carboxylic acids is 1. The Labute approximate surface area is 177 Å². The summed E-state index contributed by atoms with van der Waals surface area (Å²) in [7, 11) is 0. The Hall–Kier alpha value is -2.92. The van der Waals surface area contributed by atoms with Gasteiger partial charge in [-0.05, 0) is 30.5 Å². The van der Waals surface area contributed by atoms with Crippen LogP contribution in [0.4, 0.5) is 0 Å². The fourth-order valence-corrected chi connectivity index (χ4v) is 5.27. The van der Waals surface area contributed by atoms with E-state index in [9.17, 15) is 4.79 Å². The van der Waals surface area contributed by atoms with E-state index in [0.717, 1.165) is 37.6 Å². The van der Waals surface area contributed by atoms with Crippen molar-refractivity contribution in [3.05, 3.63) is 83.7 Å². The number of nitrogens with zero attached hydrogens (tertiary/aromatic N) is 4. The molecule has 3 atom stereocenters. The summed E-state index contributed by atoms with van der Waals surface area (Å²) in [5.41, 5.74) is 4.71. The molecule has 30 heavy (non-hydrogen) atoms. The molecule has 0 spiro atoms. The minimum atomic E-state index is 0.185. The van der Waals surface area contributed by atoms with Crippen molar-refractivity contribution in [2.24, 2.45) is 11.8 Å². The van der Waals surface area contributed by atoms with E-state index in [-0.39, 0.29) is 11.9 Å². The van der Waals surface area contributed by atoms with E-state index in [1.807, 2.05) is 28.9 Å². The van der Waals surface area contributed by atoms with Crippen LogP contribution in [0.25, 0.3) is 5.69 Å². The zero-order valence-electron chi connectivity index (χ0n) is 17.6. The molecule has 5 nitrogen and oxygen atoms in total. The molecular formula is C25H28N4O. The second kappa shape index (κ2) is 7.73. The molecule has 2 fully saturated rings. The van der Waals surface area contributed by atoms with Crippen molar-refractivity contribution in [2.45, 2.75) is 26.4 Å². The smallest absolute Gasteiger partial charge is 0.219 e. The van der Waals surface area contributed by atoms with Gasteiger partial charge in [0.2, 0.25) is 5.91 Å². The lowest BCUT2D eigenvalue weighted by Crippen LogP contribution is -2.34. The first kappa shape index (κ1) is 19.1. The van der Waals surface area contributed by atoms with Crippen molar-refractivity contribution < 1.29 is 4.79 Å². The highest BCUT2D eigenvalue weighted by Gasteiger charge is 2.48. The van der Waals surface area contributed by atoms with Crippen molar-refractivity contribution in [3.8, 4) is 5.69 Å². The Balaban J connectivity index is 1.34. The van der Waals surface area contributed by atoms with Crippen LogP contribution in [-0.2, 0) is 11.3 Å². The highest BCUT2D eigenvalue weighted by Crippen LogP contribution is 2.45. The van der Waals surface area contributed by atoms with E-state index in [1.54, 1.807) is 6.92 Å². The molecule has 3 aromatic rings. The first-order valence-electron chi connectivity index (χ1n) is 10.7. The fourth-order valence-electron chi connectivity index (χ4n) is 5.27. The molecule has 5 heteroatoms. The number of amides is 1. The summed E-state index contributed by atoms with van der Waals surface area (Å²) >= 11 is 0. The van der Waals surface area contributed by atoms with E-state index >= 15 is 0 Å². The number of hydrogen-bond donors (Lipinski definition) is 0. The van der Waals surface area contributed by atoms with E-state index < -0.39 is 0 Å². The topological polar surface area (TPSA) is 41.4 Å². The lowest BCUT2D eigenvalue weighted by molar-refractivity contribution is -0.130. The molecule has 0 bridgehead atoms. The molecule has 0 radical (unpaired) electrons. The van der Waals surface area contributed by atoms with Crippen LogP contribution < -0.4 is 0 Å². The van der Waals surface area contributed by atoms with Gasteiger partial charge < -0.3 is 4.90 Å². The summed E-state index contributed by atoms with van der Waals surface area (Å²) in [4.78, 5) is 16.9. The van der Waals surface area contributed by atoms with Gasteiger partial charge in [0.25, 0.3) is 0 Å². The van der Waals surface area contributed by atoms with Crippen LogP contribution in [0.1, 0.15) is 29.8 Å². The summed E-state index contributed by atoms with van der Waals surface area (Å²) in [5.74, 6) is 1.20. The standard InChI is InChI=1S/C25H28N4O/c1-18-21(16-29(26-18)23-11-7-4-8-12-23)13-27-14-22-15-28(19(2)30)25(24(22)17-27)20-9-5-3-6-10-20/h3-12,16,22,24-25H,13-15,17H2,1-2H3/t22-,24-,25-/m1/s1. The Morgan fingerprint density at radius 1 is 1.00 bits per heavy atom. The molecule has 0 unspecified atom stereocenters. The van der Waals surface area contributed by atoms with E-state index in [2.05, 4.69) is 59.3 Å². The summed E-state index contributed by atoms with van der Waals surface area (Å²) in [6.07, 6.45) is 2.16. The van der Waals surface area contributed by atoms with Gasteiger partial charge in [0.1, 0.15) is 0 Å². The van der Waals surface area contributed by atoms with Gasteiger partial charge in [-0.25, -0.2) is 4.68 Å². The first-order chi connectivity index (χ1) is 14.6. The largest absolute Gasteiger partial charge is 0.335 e. The second-order valence-electron chi connectivity index (χ2n) is 8.66. The molecule has 3 heterocycles. The molecular weight excluding hydrogens is 372 g/mol. The van der Waals surface area contributed by atoms with Crippen LogP contribution >= 0.6 is 0 Å². The lowest BCUT2D eigenvalue weighted by atomic mass is 9.89. The minimum absolute atomic E-state index is 0.185. The minimum Gasteiger partial charge on any atom is -0.335 e. The number of aryl methyl sites for hydroxylation is 1. The molecule has 1 aromatic heterocycles. The Kier molecular flexibility index (Phi) is 4.91. The number of aromatic nitrogens is 2. The number of rotatable bonds is 4. The van der Waals surface area contributed by atoms with Gasteiger partial charge >= 0.3 is 0 Å². The van der Waals surface area contributed by atoms with Crippen molar-refractivity contribution in [2.75, 3.05) is 19.6 Å². The highest BCUT2D eigenvalue weighted by atomic mass is 16.2. The average Bonchev–Trinajstić information content (AvgIpc) is 3.42. The van der Waals surface area contributed by atoms with Gasteiger partial charge in [-0.2, -0.15) is 5.10 Å². The second-order valence-corrected chi connectivity index (χ2v) is 8.66. The first-order valence-corrected chi connectivity index (χ1v) is 10.7. The molecule has 1 amide bonds. The van der Waals surface area contributed by atoms with Gasteiger partial charge in [0, 0.05) is 50.8 Å². The molecule has 0 saturated carbocycles. The third kappa shape index (κ3) is 3.43. The number of hydrogen-bond acceptors (Lipinski definition) is 3. The van der Waals surface area contributed by atoms with Crippen LogP contribution in [-0.4, -0.2) is 45.1 Å². The predicted octanol–water partition coefficient (Wildman–Crippen LogP) is 3.83. The maximum absolute atomic E-state index is 12.3. The van der Waals surface area contributed by atoms with Gasteiger partial charge in [0.15, 0.2) is 0 Å². The number of fused-ring (bicyclic) bond motifs is 1. The van der Waals surface area contributed by atoms with Crippen molar-refractivity contribution in [1.29, 1.82) is 0 Å². The van der Waals surface area contributed by atoms with Crippen LogP contribution in [0.15, 0.2) is 66.9 Å². The molecule has 2 saturated heterocycles. The Bertz CT molecular complexity index is 1030. The maximum Gasteiger partial charge on any atom is 0.219 e. The van der Waals surface area contributed by atoms with Crippen molar-refractivity contribution >= 4 is 5.91 Å². The number of carbonyl (C=O) groups is 1. The lowest BCUT2D eigenvalue weighted by Gasteiger charge is -2.29. The normalized spacial score (nSPS) is 23.7. The van der Waals surface area contributed by atoms with Crippen LogP contribution in [0, 0.1) is 18.8 Å². The number of likely N-dealkylation sites (tertiary alicyclic amines) is 2. The zero-order chi connectivity index (χ0) is 20.7. The predicted molar refractivity (Wildman–Crippen MR) is 117 cm³/mol. The monoisotopic (exact) mass is 400 g/mol. The third-order valence-electron chi connectivity index (χ3n) is 6.70. The van der Waals surface area contributed by atoms with Crippen LogP contribution in [0.5, 0.6) is 0 Å². The third-order valence-corrected chi connectivity index (χ3v) is 6.70. The fraction of sp³-hybridized carbons (Fsp3) is 0.360. The Morgan fingerprint density at radius 3 is 2.40 bits per heavy atom. The van der Waals surface area contributed by atoms with E-state index in [1.165, 1.54) is 11.1 Å². The summed E-state index contributed by atoms with van der Waals surface area (Å²) < 4.78 is 1.98. The zero-order valence-corrected chi connectivity index (χ0v) is 17.6. The summed E-state index contributed by atoms with van der Waals surface area (Å²) in [6.45, 7) is 7.62. The summed E-state index contributed by atoms with van der Waals surface area (Å²) in [6, 6.07) is 21.0. The van der Waals surface area contributed by atoms with Crippen LogP contribution in [0.3, 0.4) is 0 Å². The number of para-hydroxylation sites is 1. The molecule has 0 N–H and O–H groups in total. The van der Waals surface area contributed by atoms with Gasteiger partial charge in [-0.3, -0.25) is 9.69 Å². The van der Waals surface area contributed by atoms with E-state index in [0.29, 0.717) is 11.8 Å². The van der Waals surface area contributed by atoms with Gasteiger partial charge in [-0.1, -0.05) is 48.5 Å². The van der Waals surface area contributed by atoms with Crippen LogP contribution in [0.2, 0.25) is 0 Å². The van der Waals surface area contributed by atoms with Crippen molar-refractivity contribution in [1.82, 2.24) is 19.6 Å². The molecule has 2 aromatic carbocycles. The molecule has 2 aliphatic rings. The molecule has 0 aliphatic carbocycles. The van der Waals surface area contributed by atoms with E-state index in [4.69, 9.17) is 5.10 Å². The Morgan fingerprint density at radius 2 is 1.70 bits per heavy atom.